The van der Waals surface area contributed by atoms with Crippen molar-refractivity contribution in [3.63, 3.8) is 0 Å². The van der Waals surface area contributed by atoms with E-state index in [0.29, 0.717) is 12.5 Å². The standard InChI is InChI=1S/C22H31N5O3S/c1-2-20-3-4-22(31-20)25-23-17-18-15-19(27-8-12-29-13-9-27)16-21(24-18)30-14-7-26-5-10-28-11-6-26/h3-4,15-17,25H,2,5-14H2,1H3. The monoisotopic (exact) mass is 445 g/mol. The molecule has 0 aromatic carbocycles. The molecule has 2 aromatic heterocycles. The van der Waals surface area contributed by atoms with Gasteiger partial charge in [-0.3, -0.25) is 10.3 Å². The highest BCUT2D eigenvalue weighted by molar-refractivity contribution is 7.16. The lowest BCUT2D eigenvalue weighted by Crippen LogP contribution is -2.38. The Bertz CT molecular complexity index is 847. The van der Waals surface area contributed by atoms with Crippen LogP contribution in [0.3, 0.4) is 0 Å². The van der Waals surface area contributed by atoms with Gasteiger partial charge in [-0.1, -0.05) is 6.92 Å². The molecule has 9 heteroatoms. The maximum absolute atomic E-state index is 6.03. The van der Waals surface area contributed by atoms with Crippen molar-refractivity contribution in [1.82, 2.24) is 9.88 Å². The predicted octanol–water partition coefficient (Wildman–Crippen LogP) is 2.70. The molecule has 2 aromatic rings. The molecule has 31 heavy (non-hydrogen) atoms. The fourth-order valence-electron chi connectivity index (χ4n) is 3.55. The summed E-state index contributed by atoms with van der Waals surface area (Å²) in [5.41, 5.74) is 4.96. The Balaban J connectivity index is 1.42. The Morgan fingerprint density at radius 3 is 2.65 bits per heavy atom. The zero-order chi connectivity index (χ0) is 21.3. The molecule has 8 nitrogen and oxygen atoms in total. The van der Waals surface area contributed by atoms with Crippen LogP contribution in [0.15, 0.2) is 29.4 Å². The molecular formula is C22H31N5O3S. The number of aryl methyl sites for hydroxylation is 1. The minimum absolute atomic E-state index is 0.601. The number of nitrogens with one attached hydrogen (secondary N) is 1. The van der Waals surface area contributed by atoms with Gasteiger partial charge >= 0.3 is 0 Å². The van der Waals surface area contributed by atoms with Gasteiger partial charge in [-0.15, -0.1) is 11.3 Å². The second-order valence-corrected chi connectivity index (χ2v) is 8.65. The molecule has 0 spiro atoms. The normalized spacial score (nSPS) is 17.9. The number of morpholine rings is 2. The fourth-order valence-corrected chi connectivity index (χ4v) is 4.35. The van der Waals surface area contributed by atoms with Gasteiger partial charge in [0, 0.05) is 49.4 Å². The first kappa shape index (κ1) is 22.0. The van der Waals surface area contributed by atoms with Crippen LogP contribution in [0.4, 0.5) is 10.7 Å². The molecular weight excluding hydrogens is 414 g/mol. The van der Waals surface area contributed by atoms with Gasteiger partial charge in [-0.2, -0.15) is 5.10 Å². The SMILES string of the molecule is CCc1ccc(NN=Cc2cc(N3CCOCC3)cc(OCCN3CCOCC3)n2)s1. The summed E-state index contributed by atoms with van der Waals surface area (Å²) in [5.74, 6) is 0.628. The van der Waals surface area contributed by atoms with Crippen molar-refractivity contribution in [3.05, 3.63) is 34.8 Å². The van der Waals surface area contributed by atoms with E-state index in [4.69, 9.17) is 14.2 Å². The molecule has 4 rings (SSSR count). The lowest BCUT2D eigenvalue weighted by atomic mass is 10.2. The third-order valence-electron chi connectivity index (χ3n) is 5.33. The minimum atomic E-state index is 0.601. The zero-order valence-electron chi connectivity index (χ0n) is 18.1. The van der Waals surface area contributed by atoms with Crippen molar-refractivity contribution < 1.29 is 14.2 Å². The highest BCUT2D eigenvalue weighted by Gasteiger charge is 2.15. The van der Waals surface area contributed by atoms with E-state index < -0.39 is 0 Å². The van der Waals surface area contributed by atoms with Crippen molar-refractivity contribution in [2.75, 3.05) is 76.1 Å². The largest absolute Gasteiger partial charge is 0.476 e. The van der Waals surface area contributed by atoms with Crippen molar-refractivity contribution in [2.45, 2.75) is 13.3 Å². The summed E-state index contributed by atoms with van der Waals surface area (Å²) >= 11 is 1.72. The molecule has 0 saturated carbocycles. The van der Waals surface area contributed by atoms with E-state index >= 15 is 0 Å². The predicted molar refractivity (Wildman–Crippen MR) is 125 cm³/mol. The Kier molecular flexibility index (Phi) is 8.11. The van der Waals surface area contributed by atoms with Crippen LogP contribution >= 0.6 is 11.3 Å². The molecule has 4 heterocycles. The summed E-state index contributed by atoms with van der Waals surface area (Å²) in [7, 11) is 0. The van der Waals surface area contributed by atoms with Crippen LogP contribution in [0, 0.1) is 0 Å². The smallest absolute Gasteiger partial charge is 0.215 e. The van der Waals surface area contributed by atoms with Crippen LogP contribution in [0.25, 0.3) is 0 Å². The van der Waals surface area contributed by atoms with Gasteiger partial charge in [-0.05, 0) is 24.6 Å². The summed E-state index contributed by atoms with van der Waals surface area (Å²) < 4.78 is 16.9. The number of hydrogen-bond donors (Lipinski definition) is 1. The highest BCUT2D eigenvalue weighted by atomic mass is 32.1. The summed E-state index contributed by atoms with van der Waals surface area (Å²) in [6.45, 7) is 10.3. The molecule has 1 N–H and O–H groups in total. The van der Waals surface area contributed by atoms with Crippen molar-refractivity contribution in [1.29, 1.82) is 0 Å². The van der Waals surface area contributed by atoms with E-state index in [1.54, 1.807) is 17.6 Å². The number of nitrogens with zero attached hydrogens (tertiary/aromatic N) is 4. The molecule has 0 unspecified atom stereocenters. The van der Waals surface area contributed by atoms with Gasteiger partial charge in [0.2, 0.25) is 5.88 Å². The second kappa shape index (κ2) is 11.4. The number of rotatable bonds is 9. The van der Waals surface area contributed by atoms with Crippen LogP contribution < -0.4 is 15.1 Å². The lowest BCUT2D eigenvalue weighted by Gasteiger charge is -2.29. The van der Waals surface area contributed by atoms with Crippen LogP contribution in [-0.2, 0) is 15.9 Å². The van der Waals surface area contributed by atoms with E-state index in [9.17, 15) is 0 Å². The number of thiophene rings is 1. The Hall–Kier alpha value is -2.20. The van der Waals surface area contributed by atoms with Gasteiger partial charge in [0.05, 0.1) is 38.3 Å². The molecule has 0 amide bonds. The van der Waals surface area contributed by atoms with Crippen LogP contribution in [-0.4, -0.2) is 81.9 Å². The molecule has 2 aliphatic rings. The molecule has 0 radical (unpaired) electrons. The zero-order valence-corrected chi connectivity index (χ0v) is 18.9. The summed E-state index contributed by atoms with van der Waals surface area (Å²) in [6.07, 6.45) is 2.79. The Morgan fingerprint density at radius 1 is 1.13 bits per heavy atom. The molecule has 168 valence electrons. The number of hydrazone groups is 1. The first-order valence-electron chi connectivity index (χ1n) is 11.0. The van der Waals surface area contributed by atoms with E-state index in [1.165, 1.54) is 4.88 Å². The molecule has 2 saturated heterocycles. The molecule has 2 aliphatic heterocycles. The van der Waals surface area contributed by atoms with E-state index in [1.807, 2.05) is 6.07 Å². The number of ether oxygens (including phenoxy) is 3. The summed E-state index contributed by atoms with van der Waals surface area (Å²) in [4.78, 5) is 10.6. The number of anilines is 2. The van der Waals surface area contributed by atoms with Crippen molar-refractivity contribution >= 4 is 28.2 Å². The van der Waals surface area contributed by atoms with Gasteiger partial charge in [0.15, 0.2) is 0 Å². The Morgan fingerprint density at radius 2 is 1.90 bits per heavy atom. The van der Waals surface area contributed by atoms with E-state index in [0.717, 1.165) is 82.0 Å². The Labute approximate surface area is 187 Å². The van der Waals surface area contributed by atoms with E-state index in [2.05, 4.69) is 50.4 Å². The first-order valence-corrected chi connectivity index (χ1v) is 11.8. The quantitative estimate of drug-likeness (QED) is 0.470. The van der Waals surface area contributed by atoms with Gasteiger partial charge in [-0.25, -0.2) is 4.98 Å². The average molecular weight is 446 g/mol. The number of pyridine rings is 1. The number of hydrogen-bond acceptors (Lipinski definition) is 9. The highest BCUT2D eigenvalue weighted by Crippen LogP contribution is 2.23. The van der Waals surface area contributed by atoms with Crippen molar-refractivity contribution in [2.24, 2.45) is 5.10 Å². The summed E-state index contributed by atoms with van der Waals surface area (Å²) in [5, 5.41) is 5.42. The lowest BCUT2D eigenvalue weighted by molar-refractivity contribution is 0.0320. The fraction of sp³-hybridized carbons (Fsp3) is 0.545. The average Bonchev–Trinajstić information content (AvgIpc) is 3.28. The van der Waals surface area contributed by atoms with Crippen molar-refractivity contribution in [3.8, 4) is 5.88 Å². The van der Waals surface area contributed by atoms with Crippen LogP contribution in [0.1, 0.15) is 17.5 Å². The van der Waals surface area contributed by atoms with E-state index in [-0.39, 0.29) is 0 Å². The summed E-state index contributed by atoms with van der Waals surface area (Å²) in [6, 6.07) is 8.25. The minimum Gasteiger partial charge on any atom is -0.476 e. The molecule has 0 aliphatic carbocycles. The maximum atomic E-state index is 6.03. The van der Waals surface area contributed by atoms with Crippen LogP contribution in [0.5, 0.6) is 5.88 Å². The third kappa shape index (κ3) is 6.64. The molecule has 0 bridgehead atoms. The topological polar surface area (TPSA) is 71.5 Å². The molecule has 2 fully saturated rings. The van der Waals surface area contributed by atoms with Gasteiger partial charge < -0.3 is 19.1 Å². The second-order valence-electron chi connectivity index (χ2n) is 7.48. The van der Waals surface area contributed by atoms with Gasteiger partial charge in [0.25, 0.3) is 0 Å². The van der Waals surface area contributed by atoms with Gasteiger partial charge in [0.1, 0.15) is 11.6 Å². The first-order chi connectivity index (χ1) is 15.3. The maximum Gasteiger partial charge on any atom is 0.215 e. The molecule has 0 atom stereocenters. The third-order valence-corrected chi connectivity index (χ3v) is 6.46. The van der Waals surface area contributed by atoms with Crippen LogP contribution in [0.2, 0.25) is 0 Å². The number of aromatic nitrogens is 1.